The summed E-state index contributed by atoms with van der Waals surface area (Å²) in [6.07, 6.45) is 3.65. The van der Waals surface area contributed by atoms with E-state index in [1.54, 1.807) is 22.6 Å². The Morgan fingerprint density at radius 2 is 1.69 bits per heavy atom. The molecule has 0 saturated carbocycles. The summed E-state index contributed by atoms with van der Waals surface area (Å²) in [7, 11) is 1.86. The van der Waals surface area contributed by atoms with Gasteiger partial charge in [-0.3, -0.25) is 9.48 Å². The van der Waals surface area contributed by atoms with Crippen LogP contribution in [0.1, 0.15) is 10.4 Å². The highest BCUT2D eigenvalue weighted by Gasteiger charge is 2.16. The average molecular weight is 437 g/mol. The van der Waals surface area contributed by atoms with Gasteiger partial charge < -0.3 is 5.32 Å². The topological polar surface area (TPSA) is 59.8 Å². The van der Waals surface area contributed by atoms with Crippen molar-refractivity contribution in [2.24, 2.45) is 7.05 Å². The molecule has 0 atom stereocenters. The summed E-state index contributed by atoms with van der Waals surface area (Å²) in [5, 5.41) is 8.17. The van der Waals surface area contributed by atoms with Crippen molar-refractivity contribution in [1.29, 1.82) is 0 Å². The molecule has 0 fully saturated rings. The number of nitrogens with zero attached hydrogens (tertiary/aromatic N) is 3. The van der Waals surface area contributed by atoms with E-state index in [-0.39, 0.29) is 5.91 Å². The van der Waals surface area contributed by atoms with Crippen molar-refractivity contribution in [3.05, 3.63) is 103 Å². The number of amides is 1. The zero-order valence-corrected chi connectivity index (χ0v) is 18.2. The molecular formula is C26H20N4OS. The Kier molecular flexibility index (Phi) is 5.44. The maximum Gasteiger partial charge on any atom is 0.256 e. The Balaban J connectivity index is 1.52. The van der Waals surface area contributed by atoms with Gasteiger partial charge in [-0.15, -0.1) is 0 Å². The number of aromatic nitrogens is 3. The summed E-state index contributed by atoms with van der Waals surface area (Å²) in [4.78, 5) is 20.3. The summed E-state index contributed by atoms with van der Waals surface area (Å²) < 4.78 is 1.73. The maximum atomic E-state index is 13.5. The molecule has 0 aliphatic heterocycles. The van der Waals surface area contributed by atoms with Gasteiger partial charge in [0, 0.05) is 34.0 Å². The predicted octanol–water partition coefficient (Wildman–Crippen LogP) is 6.04. The SMILES string of the molecule is Cn1cc(-c2cc(C(=O)Nc3ccccc3Sc3ccccc3)c3ccccc3n2)cn1. The first-order chi connectivity index (χ1) is 15.7. The van der Waals surface area contributed by atoms with Gasteiger partial charge in [0.05, 0.1) is 28.7 Å². The number of anilines is 1. The van der Waals surface area contributed by atoms with Crippen LogP contribution in [0.2, 0.25) is 0 Å². The van der Waals surface area contributed by atoms with E-state index in [9.17, 15) is 4.79 Å². The van der Waals surface area contributed by atoms with E-state index < -0.39 is 0 Å². The van der Waals surface area contributed by atoms with Crippen LogP contribution in [0.4, 0.5) is 5.69 Å². The van der Waals surface area contributed by atoms with E-state index in [2.05, 4.69) is 22.5 Å². The lowest BCUT2D eigenvalue weighted by atomic mass is 10.0. The molecule has 5 nitrogen and oxygen atoms in total. The van der Waals surface area contributed by atoms with Gasteiger partial charge >= 0.3 is 0 Å². The monoisotopic (exact) mass is 436 g/mol. The van der Waals surface area contributed by atoms with Gasteiger partial charge in [-0.2, -0.15) is 5.10 Å². The molecule has 2 aromatic heterocycles. The highest BCUT2D eigenvalue weighted by Crippen LogP contribution is 2.34. The van der Waals surface area contributed by atoms with Crippen LogP contribution >= 0.6 is 11.8 Å². The first-order valence-corrected chi connectivity index (χ1v) is 11.0. The van der Waals surface area contributed by atoms with Crippen molar-refractivity contribution in [3.8, 4) is 11.3 Å². The molecular weight excluding hydrogens is 416 g/mol. The van der Waals surface area contributed by atoms with Gasteiger partial charge in [0.1, 0.15) is 0 Å². The fourth-order valence-corrected chi connectivity index (χ4v) is 4.45. The minimum absolute atomic E-state index is 0.171. The highest BCUT2D eigenvalue weighted by atomic mass is 32.2. The van der Waals surface area contributed by atoms with Crippen LogP contribution in [0.25, 0.3) is 22.2 Å². The molecule has 0 aliphatic carbocycles. The molecule has 5 rings (SSSR count). The fraction of sp³-hybridized carbons (Fsp3) is 0.0385. The third-order valence-electron chi connectivity index (χ3n) is 5.07. The number of para-hydroxylation sites is 2. The fourth-order valence-electron chi connectivity index (χ4n) is 3.53. The van der Waals surface area contributed by atoms with E-state index in [0.717, 1.165) is 31.9 Å². The number of hydrogen-bond donors (Lipinski definition) is 1. The largest absolute Gasteiger partial charge is 0.321 e. The molecule has 3 aromatic carbocycles. The molecule has 0 radical (unpaired) electrons. The van der Waals surface area contributed by atoms with E-state index in [4.69, 9.17) is 4.98 Å². The van der Waals surface area contributed by atoms with Gasteiger partial charge in [0.25, 0.3) is 5.91 Å². The maximum absolute atomic E-state index is 13.5. The molecule has 1 amide bonds. The predicted molar refractivity (Wildman–Crippen MR) is 129 cm³/mol. The van der Waals surface area contributed by atoms with E-state index in [0.29, 0.717) is 11.3 Å². The number of carbonyl (C=O) groups excluding carboxylic acids is 1. The molecule has 32 heavy (non-hydrogen) atoms. The van der Waals surface area contributed by atoms with Gasteiger partial charge in [0.15, 0.2) is 0 Å². The summed E-state index contributed by atoms with van der Waals surface area (Å²) in [6, 6.07) is 27.5. The van der Waals surface area contributed by atoms with Crippen LogP contribution in [0.15, 0.2) is 107 Å². The Morgan fingerprint density at radius 1 is 0.938 bits per heavy atom. The summed E-state index contributed by atoms with van der Waals surface area (Å²) in [5.41, 5.74) is 3.70. The van der Waals surface area contributed by atoms with Crippen molar-refractivity contribution in [2.45, 2.75) is 9.79 Å². The van der Waals surface area contributed by atoms with Crippen molar-refractivity contribution < 1.29 is 4.79 Å². The second-order valence-electron chi connectivity index (χ2n) is 7.34. The quantitative estimate of drug-likeness (QED) is 0.365. The van der Waals surface area contributed by atoms with Crippen LogP contribution < -0.4 is 5.32 Å². The Bertz CT molecular complexity index is 1410. The van der Waals surface area contributed by atoms with Crippen LogP contribution in [0.5, 0.6) is 0 Å². The standard InChI is InChI=1S/C26H20N4OS/c1-30-17-18(16-27-30)24-15-21(20-11-5-6-12-22(20)28-24)26(31)29-23-13-7-8-14-25(23)32-19-9-3-2-4-10-19/h2-17H,1H3,(H,29,31). The minimum atomic E-state index is -0.171. The number of pyridine rings is 1. The average Bonchev–Trinajstić information content (AvgIpc) is 3.26. The number of benzene rings is 3. The van der Waals surface area contributed by atoms with Gasteiger partial charge in [0.2, 0.25) is 0 Å². The number of nitrogens with one attached hydrogen (secondary N) is 1. The first-order valence-electron chi connectivity index (χ1n) is 10.2. The Morgan fingerprint density at radius 3 is 2.50 bits per heavy atom. The molecule has 156 valence electrons. The van der Waals surface area contributed by atoms with E-state index >= 15 is 0 Å². The zero-order valence-electron chi connectivity index (χ0n) is 17.4. The zero-order chi connectivity index (χ0) is 21.9. The lowest BCUT2D eigenvalue weighted by Gasteiger charge is -2.13. The molecule has 5 aromatic rings. The molecule has 0 aliphatic rings. The first kappa shape index (κ1) is 20.0. The normalized spacial score (nSPS) is 10.9. The third kappa shape index (κ3) is 4.13. The van der Waals surface area contributed by atoms with E-state index in [1.165, 1.54) is 0 Å². The lowest BCUT2D eigenvalue weighted by Crippen LogP contribution is -2.13. The van der Waals surface area contributed by atoms with Crippen LogP contribution in [-0.2, 0) is 7.05 Å². The second-order valence-corrected chi connectivity index (χ2v) is 8.46. The van der Waals surface area contributed by atoms with Crippen molar-refractivity contribution in [1.82, 2.24) is 14.8 Å². The molecule has 6 heteroatoms. The van der Waals surface area contributed by atoms with Crippen molar-refractivity contribution in [2.75, 3.05) is 5.32 Å². The van der Waals surface area contributed by atoms with Crippen LogP contribution in [-0.4, -0.2) is 20.7 Å². The molecule has 1 N–H and O–H groups in total. The van der Waals surface area contributed by atoms with Crippen LogP contribution in [0, 0.1) is 0 Å². The number of aryl methyl sites for hydroxylation is 1. The lowest BCUT2D eigenvalue weighted by molar-refractivity contribution is 0.102. The number of fused-ring (bicyclic) bond motifs is 1. The molecule has 0 spiro atoms. The van der Waals surface area contributed by atoms with Gasteiger partial charge in [-0.1, -0.05) is 60.3 Å². The van der Waals surface area contributed by atoms with Crippen molar-refractivity contribution in [3.63, 3.8) is 0 Å². The van der Waals surface area contributed by atoms with E-state index in [1.807, 2.05) is 86.0 Å². The van der Waals surface area contributed by atoms with Gasteiger partial charge in [-0.05, 0) is 36.4 Å². The minimum Gasteiger partial charge on any atom is -0.321 e. The number of hydrogen-bond acceptors (Lipinski definition) is 4. The highest BCUT2D eigenvalue weighted by molar-refractivity contribution is 7.99. The third-order valence-corrected chi connectivity index (χ3v) is 6.15. The smallest absolute Gasteiger partial charge is 0.256 e. The second kappa shape index (κ2) is 8.69. The Labute approximate surface area is 190 Å². The summed E-state index contributed by atoms with van der Waals surface area (Å²) >= 11 is 1.62. The van der Waals surface area contributed by atoms with Crippen molar-refractivity contribution >= 4 is 34.3 Å². The molecule has 0 bridgehead atoms. The molecule has 0 unspecified atom stereocenters. The molecule has 2 heterocycles. The Hall–Kier alpha value is -3.90. The number of rotatable bonds is 5. The van der Waals surface area contributed by atoms with Gasteiger partial charge in [-0.25, -0.2) is 4.98 Å². The number of carbonyl (C=O) groups is 1. The molecule has 0 saturated heterocycles. The van der Waals surface area contributed by atoms with Crippen LogP contribution in [0.3, 0.4) is 0 Å². The summed E-state index contributed by atoms with van der Waals surface area (Å²) in [5.74, 6) is -0.171. The summed E-state index contributed by atoms with van der Waals surface area (Å²) in [6.45, 7) is 0.